The summed E-state index contributed by atoms with van der Waals surface area (Å²) in [7, 11) is 0. The van der Waals surface area contributed by atoms with Crippen molar-refractivity contribution < 1.29 is 5.11 Å². The SMILES string of the molecule is CCc1cccc2c(O)c([N+]#N)ccc12. The molecule has 0 saturated carbocycles. The predicted molar refractivity (Wildman–Crippen MR) is 59.7 cm³/mol. The summed E-state index contributed by atoms with van der Waals surface area (Å²) < 4.78 is 0. The van der Waals surface area contributed by atoms with Crippen LogP contribution in [0.2, 0.25) is 0 Å². The van der Waals surface area contributed by atoms with Gasteiger partial charge in [0.25, 0.3) is 0 Å². The Bertz CT molecular complexity index is 555. The molecular formula is C12H11N2O+. The second-order valence-electron chi connectivity index (χ2n) is 3.40. The molecule has 0 unspecified atom stereocenters. The Morgan fingerprint density at radius 3 is 2.67 bits per heavy atom. The number of fused-ring (bicyclic) bond motifs is 1. The minimum absolute atomic E-state index is 0.0327. The van der Waals surface area contributed by atoms with E-state index in [1.165, 1.54) is 5.56 Å². The van der Waals surface area contributed by atoms with Crippen LogP contribution in [0.5, 0.6) is 5.75 Å². The highest BCUT2D eigenvalue weighted by atomic mass is 16.3. The van der Waals surface area contributed by atoms with Crippen molar-refractivity contribution in [3.05, 3.63) is 40.9 Å². The molecule has 0 radical (unpaired) electrons. The molecule has 3 heteroatoms. The highest BCUT2D eigenvalue weighted by molar-refractivity contribution is 5.95. The summed E-state index contributed by atoms with van der Waals surface area (Å²) in [6, 6.07) is 9.21. The van der Waals surface area contributed by atoms with Gasteiger partial charge in [0.2, 0.25) is 11.1 Å². The molecule has 0 fully saturated rings. The van der Waals surface area contributed by atoms with Crippen molar-refractivity contribution >= 4 is 16.5 Å². The van der Waals surface area contributed by atoms with Gasteiger partial charge in [0, 0.05) is 11.5 Å². The third-order valence-corrected chi connectivity index (χ3v) is 2.59. The summed E-state index contributed by atoms with van der Waals surface area (Å²) >= 11 is 0. The zero-order valence-electron chi connectivity index (χ0n) is 8.44. The summed E-state index contributed by atoms with van der Waals surface area (Å²) in [5.74, 6) is 0.0327. The maximum Gasteiger partial charge on any atom is 0.426 e. The molecule has 2 aromatic rings. The Kier molecular flexibility index (Phi) is 2.26. The Morgan fingerprint density at radius 1 is 1.20 bits per heavy atom. The maximum absolute atomic E-state index is 9.82. The lowest BCUT2D eigenvalue weighted by Gasteiger charge is -2.03. The first kappa shape index (κ1) is 9.47. The van der Waals surface area contributed by atoms with Crippen LogP contribution in [0.1, 0.15) is 12.5 Å². The van der Waals surface area contributed by atoms with Gasteiger partial charge >= 0.3 is 5.69 Å². The van der Waals surface area contributed by atoms with E-state index in [9.17, 15) is 5.11 Å². The summed E-state index contributed by atoms with van der Waals surface area (Å²) in [5, 5.41) is 20.2. The van der Waals surface area contributed by atoms with E-state index in [0.29, 0.717) is 0 Å². The second-order valence-corrected chi connectivity index (χ2v) is 3.40. The van der Waals surface area contributed by atoms with Gasteiger partial charge in [-0.3, -0.25) is 0 Å². The molecule has 2 rings (SSSR count). The molecule has 0 aliphatic heterocycles. The van der Waals surface area contributed by atoms with Crippen molar-refractivity contribution in [1.29, 1.82) is 5.39 Å². The van der Waals surface area contributed by atoms with Gasteiger partial charge in [0.05, 0.1) is 0 Å². The van der Waals surface area contributed by atoms with Gasteiger partial charge in [0.15, 0.2) is 4.98 Å². The summed E-state index contributed by atoms with van der Waals surface area (Å²) in [6.45, 7) is 2.07. The fraction of sp³-hybridized carbons (Fsp3) is 0.167. The topological polar surface area (TPSA) is 48.4 Å². The van der Waals surface area contributed by atoms with E-state index in [2.05, 4.69) is 11.9 Å². The van der Waals surface area contributed by atoms with E-state index in [-0.39, 0.29) is 11.4 Å². The lowest BCUT2D eigenvalue weighted by molar-refractivity contribution is 0.484. The monoisotopic (exact) mass is 199 g/mol. The smallest absolute Gasteiger partial charge is 0.426 e. The van der Waals surface area contributed by atoms with Crippen molar-refractivity contribution in [3.63, 3.8) is 0 Å². The predicted octanol–water partition coefficient (Wildman–Crippen LogP) is 3.59. The highest BCUT2D eigenvalue weighted by Gasteiger charge is 2.16. The van der Waals surface area contributed by atoms with Crippen LogP contribution in [0.25, 0.3) is 15.7 Å². The number of nitrogens with zero attached hydrogens (tertiary/aromatic N) is 2. The van der Waals surface area contributed by atoms with E-state index < -0.39 is 0 Å². The van der Waals surface area contributed by atoms with E-state index in [0.717, 1.165) is 17.2 Å². The van der Waals surface area contributed by atoms with Gasteiger partial charge in [-0.1, -0.05) is 25.1 Å². The number of phenolic OH excluding ortho intramolecular Hbond substituents is 1. The number of diazo groups is 1. The fourth-order valence-electron chi connectivity index (χ4n) is 1.78. The lowest BCUT2D eigenvalue weighted by Crippen LogP contribution is -1.83. The molecule has 74 valence electrons. The van der Waals surface area contributed by atoms with Crippen LogP contribution in [0.4, 0.5) is 5.69 Å². The molecule has 0 atom stereocenters. The Balaban J connectivity index is 2.85. The molecule has 0 heterocycles. The first-order valence-corrected chi connectivity index (χ1v) is 4.86. The molecule has 0 saturated heterocycles. The van der Waals surface area contributed by atoms with Crippen molar-refractivity contribution in [1.82, 2.24) is 0 Å². The normalized spacial score (nSPS) is 10.1. The van der Waals surface area contributed by atoms with Crippen LogP contribution in [-0.2, 0) is 6.42 Å². The summed E-state index contributed by atoms with van der Waals surface area (Å²) in [4.78, 5) is 3.03. The van der Waals surface area contributed by atoms with Crippen LogP contribution >= 0.6 is 0 Å². The second kappa shape index (κ2) is 3.58. The molecule has 0 bridgehead atoms. The van der Waals surface area contributed by atoms with Gasteiger partial charge in [-0.25, -0.2) is 0 Å². The van der Waals surface area contributed by atoms with Crippen molar-refractivity contribution in [3.8, 4) is 5.75 Å². The Hall–Kier alpha value is -2.08. The number of aryl methyl sites for hydroxylation is 1. The van der Waals surface area contributed by atoms with Crippen LogP contribution in [0, 0.1) is 5.39 Å². The number of rotatable bonds is 1. The summed E-state index contributed by atoms with van der Waals surface area (Å²) in [6.07, 6.45) is 0.909. The van der Waals surface area contributed by atoms with Crippen molar-refractivity contribution in [2.24, 2.45) is 0 Å². The number of aromatic hydroxyl groups is 1. The zero-order valence-corrected chi connectivity index (χ0v) is 8.44. The molecule has 15 heavy (non-hydrogen) atoms. The number of hydrogen-bond acceptors (Lipinski definition) is 2. The molecular weight excluding hydrogens is 188 g/mol. The van der Waals surface area contributed by atoms with Crippen molar-refractivity contribution in [2.45, 2.75) is 13.3 Å². The maximum atomic E-state index is 9.82. The van der Waals surface area contributed by atoms with E-state index >= 15 is 0 Å². The van der Waals surface area contributed by atoms with E-state index in [1.807, 2.05) is 24.3 Å². The Labute approximate surface area is 87.6 Å². The van der Waals surface area contributed by atoms with Gasteiger partial charge in [-0.15, -0.1) is 0 Å². The lowest BCUT2D eigenvalue weighted by atomic mass is 10.0. The van der Waals surface area contributed by atoms with Gasteiger partial charge < -0.3 is 5.11 Å². The van der Waals surface area contributed by atoms with Crippen LogP contribution < -0.4 is 0 Å². The van der Waals surface area contributed by atoms with Crippen LogP contribution in [0.3, 0.4) is 0 Å². The molecule has 0 aromatic heterocycles. The van der Waals surface area contributed by atoms with E-state index in [1.54, 1.807) is 6.07 Å². The third-order valence-electron chi connectivity index (χ3n) is 2.59. The molecule has 0 amide bonds. The van der Waals surface area contributed by atoms with Gasteiger partial charge in [0.1, 0.15) is 0 Å². The zero-order chi connectivity index (χ0) is 10.8. The van der Waals surface area contributed by atoms with Gasteiger partial charge in [-0.05, 0) is 23.4 Å². The number of benzene rings is 2. The molecule has 0 aliphatic rings. The minimum Gasteiger partial charge on any atom is -0.501 e. The molecule has 1 N–H and O–H groups in total. The molecule has 3 nitrogen and oxygen atoms in total. The average molecular weight is 199 g/mol. The molecule has 2 aromatic carbocycles. The third kappa shape index (κ3) is 1.40. The minimum atomic E-state index is 0.0327. The standard InChI is InChI=1S/C12H10N2O/c1-2-8-4-3-5-10-9(8)6-7-11(14-13)12(10)15/h3-7H,2H2,1H3/p+1. The van der Waals surface area contributed by atoms with E-state index in [4.69, 9.17) is 5.39 Å². The number of phenols is 1. The first-order chi connectivity index (χ1) is 7.27. The molecule has 0 spiro atoms. The quantitative estimate of drug-likeness (QED) is 0.713. The fourth-order valence-corrected chi connectivity index (χ4v) is 1.78. The largest absolute Gasteiger partial charge is 0.501 e. The first-order valence-electron chi connectivity index (χ1n) is 4.86. The highest BCUT2D eigenvalue weighted by Crippen LogP contribution is 2.35. The molecule has 0 aliphatic carbocycles. The average Bonchev–Trinajstić information content (AvgIpc) is 2.29. The van der Waals surface area contributed by atoms with Crippen LogP contribution in [-0.4, -0.2) is 5.11 Å². The van der Waals surface area contributed by atoms with Crippen molar-refractivity contribution in [2.75, 3.05) is 0 Å². The Morgan fingerprint density at radius 2 is 2.00 bits per heavy atom. The summed E-state index contributed by atoms with van der Waals surface area (Å²) in [5.41, 5.74) is 1.38. The number of hydrogen-bond donors (Lipinski definition) is 1. The van der Waals surface area contributed by atoms with Crippen LogP contribution in [0.15, 0.2) is 30.3 Å². The van der Waals surface area contributed by atoms with Gasteiger partial charge in [-0.2, -0.15) is 0 Å².